The fraction of sp³-hybridized carbons (Fsp3) is 0.565. The molecule has 1 aliphatic rings. The Kier molecular flexibility index (Phi) is 6.41. The molecular weight excluding hydrogens is 378 g/mol. The Hall–Kier alpha value is -2.54. The molecule has 30 heavy (non-hydrogen) atoms. The normalized spacial score (nSPS) is 19.8. The SMILES string of the molecule is CCN1CCCC(C)(n2c(C(C)=O)c(C)cc(CCc3ncnc(N)c3C)c2=O)C1. The molecule has 0 aromatic carbocycles. The van der Waals surface area contributed by atoms with Gasteiger partial charge in [-0.2, -0.15) is 0 Å². The highest BCUT2D eigenvalue weighted by Crippen LogP contribution is 2.30. The molecule has 1 saturated heterocycles. The zero-order valence-electron chi connectivity index (χ0n) is 18.8. The van der Waals surface area contributed by atoms with Gasteiger partial charge in [0.2, 0.25) is 0 Å². The smallest absolute Gasteiger partial charge is 0.254 e. The van der Waals surface area contributed by atoms with E-state index in [1.165, 1.54) is 6.33 Å². The number of nitrogens with zero attached hydrogens (tertiary/aromatic N) is 4. The molecule has 7 nitrogen and oxygen atoms in total. The van der Waals surface area contributed by atoms with Gasteiger partial charge in [-0.15, -0.1) is 0 Å². The highest BCUT2D eigenvalue weighted by molar-refractivity contribution is 5.94. The van der Waals surface area contributed by atoms with Crippen LogP contribution in [0.4, 0.5) is 5.82 Å². The standard InChI is InChI=1S/C23H33N5O2/c1-6-27-11-7-10-23(5,13-27)28-20(17(4)29)15(2)12-18(22(28)30)8-9-19-16(3)21(24)26-14-25-19/h12,14H,6-11,13H2,1-5H3,(H2,24,25,26). The number of pyridine rings is 1. The molecule has 2 aromatic heterocycles. The van der Waals surface area contributed by atoms with Gasteiger partial charge in [0, 0.05) is 30.3 Å². The first-order valence-electron chi connectivity index (χ1n) is 10.7. The lowest BCUT2D eigenvalue weighted by Gasteiger charge is -2.42. The molecule has 3 heterocycles. The predicted molar refractivity (Wildman–Crippen MR) is 119 cm³/mol. The number of Topliss-reactive ketones (excluding diaryl/α,β-unsaturated/α-hetero) is 1. The van der Waals surface area contributed by atoms with E-state index in [2.05, 4.69) is 28.7 Å². The van der Waals surface area contributed by atoms with Crippen LogP contribution in [-0.2, 0) is 18.4 Å². The minimum absolute atomic E-state index is 0.0639. The van der Waals surface area contributed by atoms with E-state index in [0.717, 1.165) is 49.3 Å². The topological polar surface area (TPSA) is 94.1 Å². The van der Waals surface area contributed by atoms with Crippen molar-refractivity contribution in [3.8, 4) is 0 Å². The van der Waals surface area contributed by atoms with Crippen LogP contribution in [0.15, 0.2) is 17.2 Å². The first-order valence-corrected chi connectivity index (χ1v) is 10.7. The van der Waals surface area contributed by atoms with Crippen molar-refractivity contribution < 1.29 is 4.79 Å². The fourth-order valence-corrected chi connectivity index (χ4v) is 4.73. The fourth-order valence-electron chi connectivity index (χ4n) is 4.73. The van der Waals surface area contributed by atoms with Gasteiger partial charge in [0.25, 0.3) is 5.56 Å². The lowest BCUT2D eigenvalue weighted by molar-refractivity contribution is 0.0921. The maximum absolute atomic E-state index is 13.7. The molecule has 0 spiro atoms. The van der Waals surface area contributed by atoms with Crippen LogP contribution < -0.4 is 11.3 Å². The number of carbonyl (C=O) groups excluding carboxylic acids is 1. The molecule has 0 aliphatic carbocycles. The van der Waals surface area contributed by atoms with Gasteiger partial charge in [-0.25, -0.2) is 9.97 Å². The van der Waals surface area contributed by atoms with Crippen molar-refractivity contribution >= 4 is 11.6 Å². The Morgan fingerprint density at radius 3 is 2.67 bits per heavy atom. The molecule has 0 amide bonds. The van der Waals surface area contributed by atoms with Gasteiger partial charge in [0.05, 0.1) is 11.2 Å². The largest absolute Gasteiger partial charge is 0.383 e. The highest BCUT2D eigenvalue weighted by atomic mass is 16.1. The minimum Gasteiger partial charge on any atom is -0.383 e. The number of hydrogen-bond acceptors (Lipinski definition) is 6. The Morgan fingerprint density at radius 1 is 1.27 bits per heavy atom. The number of rotatable bonds is 6. The Labute approximate surface area is 178 Å². The van der Waals surface area contributed by atoms with Gasteiger partial charge in [-0.3, -0.25) is 14.2 Å². The lowest BCUT2D eigenvalue weighted by Crippen LogP contribution is -2.53. The number of ketones is 1. The first-order chi connectivity index (χ1) is 14.2. The van der Waals surface area contributed by atoms with Crippen LogP contribution in [0.5, 0.6) is 0 Å². The summed E-state index contributed by atoms with van der Waals surface area (Å²) >= 11 is 0. The Morgan fingerprint density at radius 2 is 2.00 bits per heavy atom. The predicted octanol–water partition coefficient (Wildman–Crippen LogP) is 2.66. The summed E-state index contributed by atoms with van der Waals surface area (Å²) in [4.78, 5) is 36.9. The number of aromatic nitrogens is 3. The molecule has 2 N–H and O–H groups in total. The van der Waals surface area contributed by atoms with E-state index in [1.807, 2.05) is 19.9 Å². The second-order valence-electron chi connectivity index (χ2n) is 8.70. The molecule has 1 atom stereocenters. The molecule has 0 saturated carbocycles. The summed E-state index contributed by atoms with van der Waals surface area (Å²) < 4.78 is 1.79. The molecule has 162 valence electrons. The van der Waals surface area contributed by atoms with E-state index in [0.29, 0.717) is 29.9 Å². The number of aryl methyl sites for hydroxylation is 3. The monoisotopic (exact) mass is 411 g/mol. The van der Waals surface area contributed by atoms with Crippen LogP contribution in [0.2, 0.25) is 0 Å². The van der Waals surface area contributed by atoms with E-state index >= 15 is 0 Å². The Balaban J connectivity index is 2.05. The third kappa shape index (κ3) is 4.17. The van der Waals surface area contributed by atoms with Crippen LogP contribution in [-0.4, -0.2) is 44.9 Å². The molecule has 1 fully saturated rings. The van der Waals surface area contributed by atoms with Crippen LogP contribution in [0.1, 0.15) is 66.5 Å². The van der Waals surface area contributed by atoms with Crippen molar-refractivity contribution in [2.24, 2.45) is 0 Å². The number of nitrogen functional groups attached to an aromatic ring is 1. The summed E-state index contributed by atoms with van der Waals surface area (Å²) in [6.07, 6.45) is 4.50. The molecule has 7 heteroatoms. The van der Waals surface area contributed by atoms with E-state index in [9.17, 15) is 9.59 Å². The van der Waals surface area contributed by atoms with Crippen LogP contribution >= 0.6 is 0 Å². The third-order valence-electron chi connectivity index (χ3n) is 6.40. The molecule has 1 unspecified atom stereocenters. The molecular formula is C23H33N5O2. The second kappa shape index (κ2) is 8.68. The Bertz CT molecular complexity index is 1010. The number of anilines is 1. The van der Waals surface area contributed by atoms with Gasteiger partial charge >= 0.3 is 0 Å². The average molecular weight is 412 g/mol. The summed E-state index contributed by atoms with van der Waals surface area (Å²) in [5.74, 6) is 0.403. The summed E-state index contributed by atoms with van der Waals surface area (Å²) in [5, 5.41) is 0. The average Bonchev–Trinajstić information content (AvgIpc) is 2.70. The molecule has 3 rings (SSSR count). The van der Waals surface area contributed by atoms with E-state index in [1.54, 1.807) is 11.5 Å². The maximum Gasteiger partial charge on any atom is 0.254 e. The number of likely N-dealkylation sites (N-methyl/N-ethyl adjacent to an activating group) is 1. The van der Waals surface area contributed by atoms with Crippen molar-refractivity contribution in [3.63, 3.8) is 0 Å². The van der Waals surface area contributed by atoms with Gasteiger partial charge < -0.3 is 10.6 Å². The van der Waals surface area contributed by atoms with Gasteiger partial charge in [-0.1, -0.05) is 6.92 Å². The minimum atomic E-state index is -0.400. The summed E-state index contributed by atoms with van der Waals surface area (Å²) in [6.45, 7) is 12.4. The second-order valence-corrected chi connectivity index (χ2v) is 8.70. The van der Waals surface area contributed by atoms with E-state index < -0.39 is 5.54 Å². The number of likely N-dealkylation sites (tertiary alicyclic amines) is 1. The van der Waals surface area contributed by atoms with Crippen molar-refractivity contribution in [2.45, 2.75) is 65.8 Å². The van der Waals surface area contributed by atoms with E-state index in [4.69, 9.17) is 5.73 Å². The molecule has 0 bridgehead atoms. The van der Waals surface area contributed by atoms with Gasteiger partial charge in [-0.05, 0) is 71.2 Å². The van der Waals surface area contributed by atoms with Crippen molar-refractivity contribution in [2.75, 3.05) is 25.4 Å². The quantitative estimate of drug-likeness (QED) is 0.735. The lowest BCUT2D eigenvalue weighted by atomic mass is 9.88. The highest BCUT2D eigenvalue weighted by Gasteiger charge is 2.36. The third-order valence-corrected chi connectivity index (χ3v) is 6.40. The number of hydrogen-bond donors (Lipinski definition) is 1. The molecule has 2 aromatic rings. The maximum atomic E-state index is 13.7. The zero-order valence-corrected chi connectivity index (χ0v) is 18.8. The van der Waals surface area contributed by atoms with Crippen molar-refractivity contribution in [1.82, 2.24) is 19.4 Å². The van der Waals surface area contributed by atoms with Crippen LogP contribution in [0.25, 0.3) is 0 Å². The van der Waals surface area contributed by atoms with Crippen LogP contribution in [0, 0.1) is 13.8 Å². The van der Waals surface area contributed by atoms with Gasteiger partial charge in [0.1, 0.15) is 12.1 Å². The van der Waals surface area contributed by atoms with Crippen LogP contribution in [0.3, 0.4) is 0 Å². The van der Waals surface area contributed by atoms with Crippen molar-refractivity contribution in [3.05, 3.63) is 50.8 Å². The first kappa shape index (κ1) is 22.2. The zero-order chi connectivity index (χ0) is 22.1. The molecule has 0 radical (unpaired) electrons. The van der Waals surface area contributed by atoms with Crippen molar-refractivity contribution in [1.29, 1.82) is 0 Å². The van der Waals surface area contributed by atoms with E-state index in [-0.39, 0.29) is 11.3 Å². The number of nitrogens with two attached hydrogens (primary N) is 1. The molecule has 1 aliphatic heterocycles. The number of carbonyl (C=O) groups is 1. The summed E-state index contributed by atoms with van der Waals surface area (Å²) in [6, 6.07) is 1.87. The van der Waals surface area contributed by atoms with Gasteiger partial charge in [0.15, 0.2) is 5.78 Å². The summed E-state index contributed by atoms with van der Waals surface area (Å²) in [7, 11) is 0. The number of piperidine rings is 1. The summed E-state index contributed by atoms with van der Waals surface area (Å²) in [5.41, 5.74) is 9.24.